The first-order valence-corrected chi connectivity index (χ1v) is 18.1. The molecule has 0 aromatic carbocycles. The third kappa shape index (κ3) is 13.3. The molecule has 2 unspecified atom stereocenters. The number of rotatable bonds is 21. The number of aliphatic hydroxyl groups is 1. The van der Waals surface area contributed by atoms with Crippen molar-refractivity contribution in [1.82, 2.24) is 0 Å². The van der Waals surface area contributed by atoms with Crippen molar-refractivity contribution in [3.8, 4) is 0 Å². The summed E-state index contributed by atoms with van der Waals surface area (Å²) in [5, 5.41) is 11.2. The van der Waals surface area contributed by atoms with Crippen molar-refractivity contribution in [2.75, 3.05) is 34.2 Å². The lowest BCUT2D eigenvalue weighted by molar-refractivity contribution is -0.140. The molecule has 1 rings (SSSR count). The fourth-order valence-corrected chi connectivity index (χ4v) is 6.16. The lowest BCUT2D eigenvalue weighted by Crippen LogP contribution is -2.45. The van der Waals surface area contributed by atoms with Gasteiger partial charge in [0.05, 0.1) is 44.6 Å². The van der Waals surface area contributed by atoms with E-state index in [-0.39, 0.29) is 41.7 Å². The zero-order valence-corrected chi connectivity index (χ0v) is 27.5. The Hall–Kier alpha value is -1.10. The maximum absolute atomic E-state index is 13.3. The maximum atomic E-state index is 13.3. The third-order valence-electron chi connectivity index (χ3n) is 8.33. The predicted molar refractivity (Wildman–Crippen MR) is 161 cm³/mol. The van der Waals surface area contributed by atoms with Crippen molar-refractivity contribution in [3.05, 3.63) is 12.2 Å². The van der Waals surface area contributed by atoms with Crippen LogP contribution in [0.5, 0.6) is 0 Å². The first-order valence-electron chi connectivity index (χ1n) is 15.2. The van der Waals surface area contributed by atoms with Crippen LogP contribution < -0.4 is 0 Å². The van der Waals surface area contributed by atoms with Gasteiger partial charge < -0.3 is 28.5 Å². The summed E-state index contributed by atoms with van der Waals surface area (Å²) in [5.41, 5.74) is 0. The van der Waals surface area contributed by atoms with Crippen molar-refractivity contribution in [2.24, 2.45) is 11.8 Å². The molecule has 0 amide bonds. The Balaban J connectivity index is 3.05. The summed E-state index contributed by atoms with van der Waals surface area (Å²) in [6.07, 6.45) is 10.5. The van der Waals surface area contributed by atoms with Crippen LogP contribution in [-0.4, -0.2) is 77.7 Å². The van der Waals surface area contributed by atoms with Crippen LogP contribution in [0.3, 0.4) is 0 Å². The van der Waals surface area contributed by atoms with E-state index in [1.807, 2.05) is 0 Å². The molecule has 1 aliphatic rings. The second-order valence-corrected chi connectivity index (χ2v) is 17.3. The number of esters is 1. The van der Waals surface area contributed by atoms with Crippen LogP contribution in [0.15, 0.2) is 12.2 Å². The Bertz CT molecular complexity index is 748. The van der Waals surface area contributed by atoms with E-state index < -0.39 is 20.3 Å². The fraction of sp³-hybridized carbons (Fsp3) is 0.871. The summed E-state index contributed by atoms with van der Waals surface area (Å²) in [4.78, 5) is 24.7. The normalized spacial score (nSPS) is 21.7. The molecule has 0 spiro atoms. The van der Waals surface area contributed by atoms with Crippen molar-refractivity contribution in [3.63, 3.8) is 0 Å². The number of ketones is 1. The standard InChI is InChI=1S/C31H58O8Si/c1-9-10-12-15-24(38-23-37-21-20-35-5)18-19-25-28(39-40(7,8)31(2,3)4)22-27(33)30(25)26(32)16-13-11-14-17-29(34)36-6/h18-19,24-26,28,30,32H,9-17,20-23H2,1-8H3/b19-18+/t24?,25-,26?,28+,30-/m0/s1. The molecule has 0 bridgehead atoms. The highest BCUT2D eigenvalue weighted by Gasteiger charge is 2.49. The monoisotopic (exact) mass is 586 g/mol. The van der Waals surface area contributed by atoms with Crippen LogP contribution in [-0.2, 0) is 33.0 Å². The van der Waals surface area contributed by atoms with Gasteiger partial charge in [0.2, 0.25) is 0 Å². The molecule has 0 saturated heterocycles. The molecular formula is C31H58O8Si. The van der Waals surface area contributed by atoms with Crippen LogP contribution >= 0.6 is 0 Å². The molecule has 0 aromatic rings. The minimum Gasteiger partial charge on any atom is -0.469 e. The van der Waals surface area contributed by atoms with Crippen molar-refractivity contribution in [1.29, 1.82) is 0 Å². The van der Waals surface area contributed by atoms with Gasteiger partial charge in [0.1, 0.15) is 12.6 Å². The smallest absolute Gasteiger partial charge is 0.305 e. The first kappa shape index (κ1) is 36.9. The molecule has 1 N–H and O–H groups in total. The largest absolute Gasteiger partial charge is 0.469 e. The van der Waals surface area contributed by atoms with Gasteiger partial charge in [-0.15, -0.1) is 0 Å². The average Bonchev–Trinajstić information content (AvgIpc) is 3.19. The van der Waals surface area contributed by atoms with Gasteiger partial charge in [-0.2, -0.15) is 0 Å². The van der Waals surface area contributed by atoms with E-state index in [1.54, 1.807) is 7.11 Å². The highest BCUT2D eigenvalue weighted by Crippen LogP contribution is 2.43. The molecule has 0 aromatic heterocycles. The van der Waals surface area contributed by atoms with Gasteiger partial charge in [0.15, 0.2) is 8.32 Å². The molecule has 0 aliphatic heterocycles. The van der Waals surface area contributed by atoms with Gasteiger partial charge in [0, 0.05) is 25.9 Å². The van der Waals surface area contributed by atoms with Crippen molar-refractivity contribution >= 4 is 20.1 Å². The van der Waals surface area contributed by atoms with Crippen molar-refractivity contribution in [2.45, 2.75) is 128 Å². The number of hydrogen-bond acceptors (Lipinski definition) is 8. The maximum Gasteiger partial charge on any atom is 0.305 e. The van der Waals surface area contributed by atoms with Crippen LogP contribution in [0.2, 0.25) is 18.1 Å². The molecular weight excluding hydrogens is 528 g/mol. The molecule has 9 heteroatoms. The number of carbonyl (C=O) groups is 2. The zero-order valence-electron chi connectivity index (χ0n) is 26.5. The van der Waals surface area contributed by atoms with E-state index in [0.717, 1.165) is 38.5 Å². The first-order chi connectivity index (χ1) is 18.9. The quantitative estimate of drug-likeness (QED) is 0.0557. The molecule has 1 aliphatic carbocycles. The summed E-state index contributed by atoms with van der Waals surface area (Å²) >= 11 is 0. The Labute approximate surface area is 244 Å². The Morgan fingerprint density at radius 1 is 1.07 bits per heavy atom. The summed E-state index contributed by atoms with van der Waals surface area (Å²) < 4.78 is 28.1. The van der Waals surface area contributed by atoms with E-state index in [0.29, 0.717) is 38.9 Å². The molecule has 1 fully saturated rings. The van der Waals surface area contributed by atoms with Gasteiger partial charge in [-0.1, -0.05) is 72.0 Å². The van der Waals surface area contributed by atoms with Crippen molar-refractivity contribution < 1.29 is 38.1 Å². The second kappa shape index (κ2) is 19.2. The molecule has 5 atom stereocenters. The Kier molecular flexibility index (Phi) is 17.7. The summed E-state index contributed by atoms with van der Waals surface area (Å²) in [6, 6.07) is 0. The van der Waals surface area contributed by atoms with Crippen LogP contribution in [0.1, 0.15) is 91.9 Å². The summed E-state index contributed by atoms with van der Waals surface area (Å²) in [5.74, 6) is -0.895. The van der Waals surface area contributed by atoms with Crippen LogP contribution in [0, 0.1) is 11.8 Å². The van der Waals surface area contributed by atoms with Gasteiger partial charge in [-0.3, -0.25) is 9.59 Å². The number of aliphatic hydroxyl groups excluding tert-OH is 1. The molecule has 0 heterocycles. The number of carbonyl (C=O) groups excluding carboxylic acids is 2. The molecule has 1 saturated carbocycles. The predicted octanol–water partition coefficient (Wildman–Crippen LogP) is 6.21. The summed E-state index contributed by atoms with van der Waals surface area (Å²) in [7, 11) is 0.881. The van der Waals surface area contributed by atoms with E-state index in [9.17, 15) is 14.7 Å². The highest BCUT2D eigenvalue weighted by molar-refractivity contribution is 6.74. The van der Waals surface area contributed by atoms with Gasteiger partial charge in [-0.05, 0) is 37.4 Å². The molecule has 0 radical (unpaired) electrons. The van der Waals surface area contributed by atoms with E-state index >= 15 is 0 Å². The number of unbranched alkanes of at least 4 members (excludes halogenated alkanes) is 4. The lowest BCUT2D eigenvalue weighted by atomic mass is 9.86. The fourth-order valence-electron chi connectivity index (χ4n) is 4.81. The number of ether oxygens (including phenoxy) is 4. The van der Waals surface area contributed by atoms with Gasteiger partial charge >= 0.3 is 5.97 Å². The topological polar surface area (TPSA) is 101 Å². The summed E-state index contributed by atoms with van der Waals surface area (Å²) in [6.45, 7) is 14.3. The molecule has 8 nitrogen and oxygen atoms in total. The van der Waals surface area contributed by atoms with E-state index in [1.165, 1.54) is 7.11 Å². The number of Topliss-reactive ketones (excluding diaryl/α,β-unsaturated/α-hetero) is 1. The van der Waals surface area contributed by atoms with Gasteiger partial charge in [0.25, 0.3) is 0 Å². The van der Waals surface area contributed by atoms with Crippen LogP contribution in [0.25, 0.3) is 0 Å². The Morgan fingerprint density at radius 3 is 2.40 bits per heavy atom. The third-order valence-corrected chi connectivity index (χ3v) is 12.8. The SMILES string of the molecule is CCCCCC(/C=C/[C@@H]1[C@@H](C(O)CCCCCC(=O)OC)C(=O)C[C@H]1O[Si](C)(C)C(C)(C)C)OCOCCOC. The van der Waals surface area contributed by atoms with E-state index in [4.69, 9.17) is 23.4 Å². The van der Waals surface area contributed by atoms with Crippen LogP contribution in [0.4, 0.5) is 0 Å². The minimum atomic E-state index is -2.15. The Morgan fingerprint density at radius 2 is 1.77 bits per heavy atom. The number of methoxy groups -OCH3 is 2. The molecule has 234 valence electrons. The highest BCUT2D eigenvalue weighted by atomic mass is 28.4. The molecule has 40 heavy (non-hydrogen) atoms. The number of hydrogen-bond donors (Lipinski definition) is 1. The van der Waals surface area contributed by atoms with Gasteiger partial charge in [-0.25, -0.2) is 0 Å². The minimum absolute atomic E-state index is 0.00595. The zero-order chi connectivity index (χ0) is 30.2. The second-order valence-electron chi connectivity index (χ2n) is 12.5. The average molecular weight is 587 g/mol. The lowest BCUT2D eigenvalue weighted by Gasteiger charge is -2.40. The van der Waals surface area contributed by atoms with E-state index in [2.05, 4.69) is 52.9 Å².